The Kier molecular flexibility index (Phi) is 1.86. The fraction of sp³-hybridized carbons (Fsp3) is 0.273. The van der Waals surface area contributed by atoms with Crippen molar-refractivity contribution in [2.45, 2.75) is 18.8 Å². The molecule has 5 nitrogen and oxygen atoms in total. The van der Waals surface area contributed by atoms with Crippen LogP contribution in [0.15, 0.2) is 22.7 Å². The van der Waals surface area contributed by atoms with Gasteiger partial charge in [0.2, 0.25) is 0 Å². The number of rotatable bonds is 2. The highest BCUT2D eigenvalue weighted by Gasteiger charge is 2.28. The van der Waals surface area contributed by atoms with E-state index < -0.39 is 0 Å². The highest BCUT2D eigenvalue weighted by atomic mass is 16.5. The first-order valence-electron chi connectivity index (χ1n) is 5.16. The van der Waals surface area contributed by atoms with Gasteiger partial charge in [0, 0.05) is 11.5 Å². The molecule has 1 saturated carbocycles. The summed E-state index contributed by atoms with van der Waals surface area (Å²) in [5.41, 5.74) is 6.64. The number of benzene rings is 1. The zero-order valence-corrected chi connectivity index (χ0v) is 8.55. The molecule has 1 aromatic heterocycles. The summed E-state index contributed by atoms with van der Waals surface area (Å²) in [4.78, 5) is 4.30. The van der Waals surface area contributed by atoms with E-state index in [2.05, 4.69) is 10.1 Å². The van der Waals surface area contributed by atoms with E-state index in [1.54, 1.807) is 12.1 Å². The molecule has 1 heterocycles. The Hall–Kier alpha value is -2.04. The van der Waals surface area contributed by atoms with Crippen LogP contribution in [0.1, 0.15) is 24.6 Å². The molecular formula is C11H11N3O2. The summed E-state index contributed by atoms with van der Waals surface area (Å²) < 4.78 is 5.15. The summed E-state index contributed by atoms with van der Waals surface area (Å²) in [6, 6.07) is 4.85. The Bertz CT molecular complexity index is 532. The normalized spacial score (nSPS) is 15.2. The molecule has 3 rings (SSSR count). The summed E-state index contributed by atoms with van der Waals surface area (Å²) >= 11 is 0. The molecule has 0 atom stereocenters. The van der Waals surface area contributed by atoms with Gasteiger partial charge in [-0.1, -0.05) is 5.16 Å². The molecular weight excluding hydrogens is 206 g/mol. The van der Waals surface area contributed by atoms with Crippen LogP contribution in [-0.4, -0.2) is 15.2 Å². The number of aromatic hydroxyl groups is 1. The number of hydrogen-bond acceptors (Lipinski definition) is 5. The first-order valence-corrected chi connectivity index (χ1v) is 5.16. The number of hydrogen-bond donors (Lipinski definition) is 2. The molecule has 5 heteroatoms. The van der Waals surface area contributed by atoms with Crippen molar-refractivity contribution in [2.24, 2.45) is 0 Å². The molecule has 1 aromatic carbocycles. The quantitative estimate of drug-likeness (QED) is 0.592. The molecule has 1 aliphatic rings. The second-order valence-electron chi connectivity index (χ2n) is 4.01. The fourth-order valence-electron chi connectivity index (χ4n) is 1.55. The van der Waals surface area contributed by atoms with Gasteiger partial charge in [-0.15, -0.1) is 0 Å². The van der Waals surface area contributed by atoms with E-state index in [1.807, 2.05) is 0 Å². The minimum Gasteiger partial charge on any atom is -0.506 e. The van der Waals surface area contributed by atoms with Gasteiger partial charge < -0.3 is 15.4 Å². The van der Waals surface area contributed by atoms with Crippen LogP contribution in [0.25, 0.3) is 11.5 Å². The lowest BCUT2D eigenvalue weighted by molar-refractivity contribution is 0.422. The SMILES string of the molecule is Nc1cc(-c2nc(C3CC3)no2)ccc1O. The number of phenols is 1. The Balaban J connectivity index is 1.97. The maximum Gasteiger partial charge on any atom is 0.258 e. The van der Waals surface area contributed by atoms with Gasteiger partial charge in [0.15, 0.2) is 5.82 Å². The van der Waals surface area contributed by atoms with E-state index in [0.29, 0.717) is 17.5 Å². The van der Waals surface area contributed by atoms with Crippen LogP contribution < -0.4 is 5.73 Å². The number of nitrogen functional groups attached to an aromatic ring is 1. The zero-order chi connectivity index (χ0) is 11.1. The minimum atomic E-state index is 0.0608. The van der Waals surface area contributed by atoms with Crippen molar-refractivity contribution in [2.75, 3.05) is 5.73 Å². The molecule has 0 radical (unpaired) electrons. The van der Waals surface area contributed by atoms with Crippen LogP contribution in [0.5, 0.6) is 5.75 Å². The molecule has 2 aromatic rings. The smallest absolute Gasteiger partial charge is 0.258 e. The van der Waals surface area contributed by atoms with Crippen molar-refractivity contribution >= 4 is 5.69 Å². The van der Waals surface area contributed by atoms with Crippen LogP contribution in [0.2, 0.25) is 0 Å². The van der Waals surface area contributed by atoms with Gasteiger partial charge in [-0.05, 0) is 31.0 Å². The van der Waals surface area contributed by atoms with Gasteiger partial charge in [-0.3, -0.25) is 0 Å². The Morgan fingerprint density at radius 3 is 2.88 bits per heavy atom. The number of anilines is 1. The van der Waals surface area contributed by atoms with Gasteiger partial charge in [-0.25, -0.2) is 0 Å². The monoisotopic (exact) mass is 217 g/mol. The van der Waals surface area contributed by atoms with Crippen molar-refractivity contribution in [1.82, 2.24) is 10.1 Å². The molecule has 0 spiro atoms. The molecule has 1 aliphatic carbocycles. The molecule has 1 fully saturated rings. The van der Waals surface area contributed by atoms with Crippen LogP contribution in [0.3, 0.4) is 0 Å². The Morgan fingerprint density at radius 2 is 2.19 bits per heavy atom. The maximum absolute atomic E-state index is 9.30. The highest BCUT2D eigenvalue weighted by Crippen LogP contribution is 2.39. The van der Waals surface area contributed by atoms with Crippen LogP contribution in [-0.2, 0) is 0 Å². The summed E-state index contributed by atoms with van der Waals surface area (Å²) in [6.45, 7) is 0. The van der Waals surface area contributed by atoms with E-state index in [9.17, 15) is 5.11 Å². The third-order valence-electron chi connectivity index (χ3n) is 2.66. The molecule has 16 heavy (non-hydrogen) atoms. The molecule has 82 valence electrons. The van der Waals surface area contributed by atoms with Gasteiger partial charge in [0.1, 0.15) is 5.75 Å². The van der Waals surface area contributed by atoms with Crippen molar-refractivity contribution in [3.05, 3.63) is 24.0 Å². The van der Waals surface area contributed by atoms with Crippen molar-refractivity contribution in [1.29, 1.82) is 0 Å². The van der Waals surface area contributed by atoms with Gasteiger partial charge >= 0.3 is 0 Å². The fourth-order valence-corrected chi connectivity index (χ4v) is 1.55. The molecule has 0 amide bonds. The molecule has 0 saturated heterocycles. The van der Waals surface area contributed by atoms with E-state index in [0.717, 1.165) is 24.2 Å². The first-order chi connectivity index (χ1) is 7.74. The minimum absolute atomic E-state index is 0.0608. The maximum atomic E-state index is 9.30. The molecule has 0 aliphatic heterocycles. The predicted molar refractivity (Wildman–Crippen MR) is 57.8 cm³/mol. The summed E-state index contributed by atoms with van der Waals surface area (Å²) in [5, 5.41) is 13.2. The van der Waals surface area contributed by atoms with Crippen molar-refractivity contribution < 1.29 is 9.63 Å². The number of phenolic OH excluding ortho intramolecular Hbond substituents is 1. The predicted octanol–water partition coefficient (Wildman–Crippen LogP) is 1.90. The Labute approximate surface area is 91.9 Å². The molecule has 0 bridgehead atoms. The lowest BCUT2D eigenvalue weighted by Crippen LogP contribution is -1.87. The molecule has 3 N–H and O–H groups in total. The Morgan fingerprint density at radius 1 is 1.38 bits per heavy atom. The molecule has 0 unspecified atom stereocenters. The number of aromatic nitrogens is 2. The van der Waals surface area contributed by atoms with Crippen LogP contribution in [0, 0.1) is 0 Å². The third-order valence-corrected chi connectivity index (χ3v) is 2.66. The van der Waals surface area contributed by atoms with E-state index in [4.69, 9.17) is 10.3 Å². The van der Waals surface area contributed by atoms with E-state index in [1.165, 1.54) is 6.07 Å². The van der Waals surface area contributed by atoms with Gasteiger partial charge in [0.25, 0.3) is 5.89 Å². The lowest BCUT2D eigenvalue weighted by atomic mass is 10.2. The number of nitrogens with zero attached hydrogens (tertiary/aromatic N) is 2. The van der Waals surface area contributed by atoms with Crippen LogP contribution >= 0.6 is 0 Å². The lowest BCUT2D eigenvalue weighted by Gasteiger charge is -1.99. The van der Waals surface area contributed by atoms with Gasteiger partial charge in [-0.2, -0.15) is 4.98 Å². The van der Waals surface area contributed by atoms with Crippen LogP contribution in [0.4, 0.5) is 5.69 Å². The summed E-state index contributed by atoms with van der Waals surface area (Å²) in [5.74, 6) is 1.74. The van der Waals surface area contributed by atoms with Crippen molar-refractivity contribution in [3.63, 3.8) is 0 Å². The van der Waals surface area contributed by atoms with Gasteiger partial charge in [0.05, 0.1) is 5.69 Å². The second kappa shape index (κ2) is 3.23. The largest absolute Gasteiger partial charge is 0.506 e. The summed E-state index contributed by atoms with van der Waals surface area (Å²) in [6.07, 6.45) is 2.27. The van der Waals surface area contributed by atoms with E-state index >= 15 is 0 Å². The van der Waals surface area contributed by atoms with E-state index in [-0.39, 0.29) is 5.75 Å². The average molecular weight is 217 g/mol. The van der Waals surface area contributed by atoms with Crippen molar-refractivity contribution in [3.8, 4) is 17.2 Å². The second-order valence-corrected chi connectivity index (χ2v) is 4.01. The zero-order valence-electron chi connectivity index (χ0n) is 8.55. The third kappa shape index (κ3) is 1.50. The standard InChI is InChI=1S/C11H11N3O2/c12-8-5-7(3-4-9(8)15)11-13-10(14-16-11)6-1-2-6/h3-6,15H,1-2,12H2. The topological polar surface area (TPSA) is 85.2 Å². The summed E-state index contributed by atoms with van der Waals surface area (Å²) in [7, 11) is 0. The average Bonchev–Trinajstić information content (AvgIpc) is 3.01. The first kappa shape index (κ1) is 9.21. The number of nitrogens with two attached hydrogens (primary N) is 1. The highest BCUT2D eigenvalue weighted by molar-refractivity contribution is 5.64.